The standard InChI is InChI=1S/C24H24F3N3O4S/c25-24(26,27)20-7-6-14(12-28-20)13-29-21(31)19-5-2-8-30(19)22(32)15-3-1-4-17(9-15)35-18-10-16(11-18)23(33)34/h1,3-4,6-7,9,12,16,18-19H,2,5,8,10-11,13H2,(H,29,31)(H,33,34)/t16?,18?,19-/m1/s1. The first-order valence-corrected chi connectivity index (χ1v) is 12.1. The monoisotopic (exact) mass is 507 g/mol. The van der Waals surface area contributed by atoms with Crippen molar-refractivity contribution in [2.45, 2.75) is 54.6 Å². The summed E-state index contributed by atoms with van der Waals surface area (Å²) in [6.07, 6.45) is -1.09. The first kappa shape index (κ1) is 25.0. The Morgan fingerprint density at radius 2 is 1.94 bits per heavy atom. The molecule has 11 heteroatoms. The van der Waals surface area contributed by atoms with Gasteiger partial charge in [-0.3, -0.25) is 19.4 Å². The van der Waals surface area contributed by atoms with E-state index in [-0.39, 0.29) is 29.5 Å². The largest absolute Gasteiger partial charge is 0.481 e. The van der Waals surface area contributed by atoms with Crippen LogP contribution < -0.4 is 5.32 Å². The van der Waals surface area contributed by atoms with Crippen molar-refractivity contribution in [1.29, 1.82) is 0 Å². The molecule has 1 aromatic carbocycles. The van der Waals surface area contributed by atoms with Crippen molar-refractivity contribution in [3.05, 3.63) is 59.4 Å². The molecule has 1 saturated heterocycles. The lowest BCUT2D eigenvalue weighted by atomic mass is 9.85. The van der Waals surface area contributed by atoms with Crippen molar-refractivity contribution in [2.75, 3.05) is 6.54 Å². The number of carboxylic acids is 1. The Balaban J connectivity index is 1.34. The number of pyridine rings is 1. The number of benzene rings is 1. The van der Waals surface area contributed by atoms with Crippen LogP contribution in [0.4, 0.5) is 13.2 Å². The first-order chi connectivity index (χ1) is 16.6. The average Bonchev–Trinajstić information content (AvgIpc) is 3.29. The topological polar surface area (TPSA) is 99.6 Å². The van der Waals surface area contributed by atoms with Gasteiger partial charge in [0.1, 0.15) is 11.7 Å². The van der Waals surface area contributed by atoms with Gasteiger partial charge in [-0.2, -0.15) is 13.2 Å². The molecule has 1 aromatic heterocycles. The molecule has 35 heavy (non-hydrogen) atoms. The van der Waals surface area contributed by atoms with E-state index in [0.29, 0.717) is 43.4 Å². The molecule has 186 valence electrons. The Labute approximate surface area is 204 Å². The summed E-state index contributed by atoms with van der Waals surface area (Å²) in [6, 6.07) is 8.56. The average molecular weight is 508 g/mol. The maximum absolute atomic E-state index is 13.2. The third kappa shape index (κ3) is 5.95. The van der Waals surface area contributed by atoms with Crippen molar-refractivity contribution in [3.63, 3.8) is 0 Å². The van der Waals surface area contributed by atoms with Crippen LogP contribution in [0.3, 0.4) is 0 Å². The number of nitrogens with zero attached hydrogens (tertiary/aromatic N) is 2. The van der Waals surface area contributed by atoms with Gasteiger partial charge in [-0.05, 0) is 55.5 Å². The zero-order valence-electron chi connectivity index (χ0n) is 18.6. The van der Waals surface area contributed by atoms with Crippen molar-refractivity contribution in [2.24, 2.45) is 5.92 Å². The fourth-order valence-electron chi connectivity index (χ4n) is 4.21. The Kier molecular flexibility index (Phi) is 7.34. The number of carbonyl (C=O) groups excluding carboxylic acids is 2. The van der Waals surface area contributed by atoms with Crippen molar-refractivity contribution >= 4 is 29.5 Å². The van der Waals surface area contributed by atoms with Crippen LogP contribution in [0.5, 0.6) is 0 Å². The fraction of sp³-hybridized carbons (Fsp3) is 0.417. The number of hydrogen-bond acceptors (Lipinski definition) is 5. The second-order valence-corrected chi connectivity index (χ2v) is 10.1. The highest BCUT2D eigenvalue weighted by Gasteiger charge is 2.36. The predicted molar refractivity (Wildman–Crippen MR) is 122 cm³/mol. The molecule has 2 heterocycles. The summed E-state index contributed by atoms with van der Waals surface area (Å²) in [6.45, 7) is 0.437. The van der Waals surface area contributed by atoms with E-state index in [1.807, 2.05) is 6.07 Å². The summed E-state index contributed by atoms with van der Waals surface area (Å²) in [7, 11) is 0. The Bertz CT molecular complexity index is 1100. The van der Waals surface area contributed by atoms with Gasteiger partial charge in [0, 0.05) is 35.0 Å². The first-order valence-electron chi connectivity index (χ1n) is 11.2. The van der Waals surface area contributed by atoms with Gasteiger partial charge >= 0.3 is 12.1 Å². The Morgan fingerprint density at radius 3 is 2.60 bits per heavy atom. The van der Waals surface area contributed by atoms with Gasteiger partial charge in [-0.15, -0.1) is 11.8 Å². The zero-order valence-corrected chi connectivity index (χ0v) is 19.4. The van der Waals surface area contributed by atoms with Gasteiger partial charge in [0.15, 0.2) is 0 Å². The molecule has 2 fully saturated rings. The van der Waals surface area contributed by atoms with Crippen LogP contribution in [-0.4, -0.2) is 50.6 Å². The second kappa shape index (κ2) is 10.3. The van der Waals surface area contributed by atoms with Gasteiger partial charge in [-0.1, -0.05) is 12.1 Å². The summed E-state index contributed by atoms with van der Waals surface area (Å²) in [5, 5.41) is 11.9. The number of halogens is 3. The number of likely N-dealkylation sites (tertiary alicyclic amines) is 1. The van der Waals surface area contributed by atoms with Crippen LogP contribution >= 0.6 is 11.8 Å². The minimum atomic E-state index is -4.53. The molecule has 1 saturated carbocycles. The highest BCUT2D eigenvalue weighted by Crippen LogP contribution is 2.41. The lowest BCUT2D eigenvalue weighted by Crippen LogP contribution is -2.45. The highest BCUT2D eigenvalue weighted by atomic mass is 32.2. The molecule has 2 aliphatic rings. The second-order valence-electron chi connectivity index (χ2n) is 8.70. The highest BCUT2D eigenvalue weighted by molar-refractivity contribution is 8.00. The number of carbonyl (C=O) groups is 3. The molecule has 4 rings (SSSR count). The molecular formula is C24H24F3N3O4S. The van der Waals surface area contributed by atoms with Gasteiger partial charge in [0.2, 0.25) is 5.91 Å². The van der Waals surface area contributed by atoms with Crippen LogP contribution in [0.25, 0.3) is 0 Å². The summed E-state index contributed by atoms with van der Waals surface area (Å²) in [4.78, 5) is 42.7. The normalized spacial score (nSPS) is 21.9. The number of nitrogens with one attached hydrogen (secondary N) is 1. The van der Waals surface area contributed by atoms with E-state index in [2.05, 4.69) is 10.3 Å². The SMILES string of the molecule is O=C(O)C1CC(Sc2cccc(C(=O)N3CCC[C@@H]3C(=O)NCc3ccc(C(F)(F)F)nc3)c2)C1. The quantitative estimate of drug-likeness (QED) is 0.588. The number of amides is 2. The van der Waals surface area contributed by atoms with Crippen molar-refractivity contribution < 1.29 is 32.7 Å². The maximum Gasteiger partial charge on any atom is 0.433 e. The van der Waals surface area contributed by atoms with Crippen LogP contribution in [0.15, 0.2) is 47.5 Å². The Hall–Kier alpha value is -3.08. The van der Waals surface area contributed by atoms with E-state index in [1.165, 1.54) is 11.0 Å². The van der Waals surface area contributed by atoms with Crippen molar-refractivity contribution in [3.8, 4) is 0 Å². The van der Waals surface area contributed by atoms with Crippen LogP contribution in [-0.2, 0) is 22.3 Å². The molecular weight excluding hydrogens is 483 g/mol. The fourth-order valence-corrected chi connectivity index (χ4v) is 5.60. The van der Waals surface area contributed by atoms with Crippen LogP contribution in [0.2, 0.25) is 0 Å². The minimum absolute atomic E-state index is 0.00729. The Morgan fingerprint density at radius 1 is 1.17 bits per heavy atom. The molecule has 0 radical (unpaired) electrons. The summed E-state index contributed by atoms with van der Waals surface area (Å²) < 4.78 is 38.0. The number of aromatic nitrogens is 1. The molecule has 1 atom stereocenters. The van der Waals surface area contributed by atoms with Crippen LogP contribution in [0.1, 0.15) is 47.3 Å². The third-order valence-electron chi connectivity index (χ3n) is 6.23. The zero-order chi connectivity index (χ0) is 25.2. The van der Waals surface area contributed by atoms with Gasteiger partial charge in [-0.25, -0.2) is 0 Å². The van der Waals surface area contributed by atoms with Crippen molar-refractivity contribution in [1.82, 2.24) is 15.2 Å². The number of thioether (sulfide) groups is 1. The molecule has 0 spiro atoms. The molecule has 2 amide bonds. The molecule has 1 aliphatic carbocycles. The molecule has 2 aromatic rings. The molecule has 7 nitrogen and oxygen atoms in total. The minimum Gasteiger partial charge on any atom is -0.481 e. The summed E-state index contributed by atoms with van der Waals surface area (Å²) in [5.41, 5.74) is -0.122. The van der Waals surface area contributed by atoms with Gasteiger partial charge < -0.3 is 15.3 Å². The smallest absolute Gasteiger partial charge is 0.433 e. The third-order valence-corrected chi connectivity index (χ3v) is 7.47. The van der Waals surface area contributed by atoms with E-state index >= 15 is 0 Å². The summed E-state index contributed by atoms with van der Waals surface area (Å²) in [5.74, 6) is -1.72. The number of carboxylic acid groups (broad SMARTS) is 1. The van der Waals surface area contributed by atoms with E-state index in [1.54, 1.807) is 30.0 Å². The van der Waals surface area contributed by atoms with E-state index < -0.39 is 23.9 Å². The lowest BCUT2D eigenvalue weighted by Gasteiger charge is -2.31. The van der Waals surface area contributed by atoms with Crippen LogP contribution in [0, 0.1) is 5.92 Å². The molecule has 1 aliphatic heterocycles. The predicted octanol–water partition coefficient (Wildman–Crippen LogP) is 3.98. The van der Waals surface area contributed by atoms with E-state index in [9.17, 15) is 27.6 Å². The lowest BCUT2D eigenvalue weighted by molar-refractivity contribution is -0.144. The molecule has 0 bridgehead atoms. The maximum atomic E-state index is 13.2. The number of rotatable bonds is 7. The number of alkyl halides is 3. The molecule has 2 N–H and O–H groups in total. The number of hydrogen-bond donors (Lipinski definition) is 2. The van der Waals surface area contributed by atoms with Gasteiger partial charge in [0.25, 0.3) is 5.91 Å². The van der Waals surface area contributed by atoms with Gasteiger partial charge in [0.05, 0.1) is 5.92 Å². The van der Waals surface area contributed by atoms with E-state index in [0.717, 1.165) is 17.2 Å². The molecule has 0 unspecified atom stereocenters. The summed E-state index contributed by atoms with van der Waals surface area (Å²) >= 11 is 1.55. The van der Waals surface area contributed by atoms with E-state index in [4.69, 9.17) is 5.11 Å². The number of aliphatic carboxylic acids is 1.